The Balaban J connectivity index is 2.59. The van der Waals surface area contributed by atoms with Crippen molar-refractivity contribution in [3.63, 3.8) is 0 Å². The maximum Gasteiger partial charge on any atom is 0.407 e. The number of rotatable bonds is 8. The molecule has 0 aliphatic rings. The highest BCUT2D eigenvalue weighted by atomic mass is 16.5. The summed E-state index contributed by atoms with van der Waals surface area (Å²) in [6.07, 6.45) is 1.48. The fraction of sp³-hybridized carbons (Fsp3) is 0.529. The van der Waals surface area contributed by atoms with E-state index in [-0.39, 0.29) is 24.5 Å². The van der Waals surface area contributed by atoms with Crippen LogP contribution in [-0.2, 0) is 9.53 Å². The fourth-order valence-electron chi connectivity index (χ4n) is 1.82. The van der Waals surface area contributed by atoms with Gasteiger partial charge < -0.3 is 15.4 Å². The van der Waals surface area contributed by atoms with Gasteiger partial charge in [0.1, 0.15) is 6.61 Å². The summed E-state index contributed by atoms with van der Waals surface area (Å²) in [6, 6.07) is 9.17. The van der Waals surface area contributed by atoms with Gasteiger partial charge in [0.25, 0.3) is 0 Å². The van der Waals surface area contributed by atoms with Crippen molar-refractivity contribution in [2.75, 3.05) is 13.2 Å². The van der Waals surface area contributed by atoms with Gasteiger partial charge in [0, 0.05) is 12.5 Å². The largest absolute Gasteiger partial charge is 0.447 e. The quantitative estimate of drug-likeness (QED) is 0.725. The maximum atomic E-state index is 11.9. The van der Waals surface area contributed by atoms with E-state index < -0.39 is 6.09 Å². The number of hydrogen-bond donors (Lipinski definition) is 2. The minimum atomic E-state index is -0.451. The van der Waals surface area contributed by atoms with E-state index in [1.807, 2.05) is 44.2 Å². The van der Waals surface area contributed by atoms with E-state index in [1.165, 1.54) is 0 Å². The van der Waals surface area contributed by atoms with Gasteiger partial charge in [-0.1, -0.05) is 57.5 Å². The minimum absolute atomic E-state index is 0.0659. The Hall–Kier alpha value is -2.04. The molecule has 0 aliphatic carbocycles. The maximum absolute atomic E-state index is 11.9. The van der Waals surface area contributed by atoms with E-state index in [9.17, 15) is 9.59 Å². The van der Waals surface area contributed by atoms with Gasteiger partial charge in [0.05, 0.1) is 6.04 Å². The summed E-state index contributed by atoms with van der Waals surface area (Å²) in [7, 11) is 0. The van der Waals surface area contributed by atoms with Gasteiger partial charge in [-0.3, -0.25) is 4.79 Å². The Bertz CT molecular complexity index is 460. The molecule has 0 aliphatic heterocycles. The molecule has 2 N–H and O–H groups in total. The number of hydrogen-bond acceptors (Lipinski definition) is 3. The molecule has 1 atom stereocenters. The summed E-state index contributed by atoms with van der Waals surface area (Å²) in [6.45, 7) is 6.43. The molecule has 0 radical (unpaired) electrons. The number of alkyl carbamates (subject to hydrolysis) is 1. The normalized spacial score (nSPS) is 11.8. The first kappa shape index (κ1) is 18.0. The SMILES string of the molecule is CCCCNC(=O)OCC(NC(=O)C(C)C)c1ccccc1. The van der Waals surface area contributed by atoms with Crippen LogP contribution in [0, 0.1) is 5.92 Å². The molecular weight excluding hydrogens is 280 g/mol. The van der Waals surface area contributed by atoms with Crippen molar-refractivity contribution in [3.05, 3.63) is 35.9 Å². The summed E-state index contributed by atoms with van der Waals surface area (Å²) < 4.78 is 5.22. The Labute approximate surface area is 132 Å². The molecule has 0 fully saturated rings. The first-order valence-corrected chi connectivity index (χ1v) is 7.80. The van der Waals surface area contributed by atoms with Crippen molar-refractivity contribution in [2.45, 2.75) is 39.7 Å². The first-order valence-electron chi connectivity index (χ1n) is 7.80. The molecule has 122 valence electrons. The molecule has 0 spiro atoms. The lowest BCUT2D eigenvalue weighted by molar-refractivity contribution is -0.125. The topological polar surface area (TPSA) is 67.4 Å². The van der Waals surface area contributed by atoms with E-state index in [0.717, 1.165) is 18.4 Å². The van der Waals surface area contributed by atoms with Crippen LogP contribution in [0.15, 0.2) is 30.3 Å². The first-order chi connectivity index (χ1) is 10.5. The second-order valence-corrected chi connectivity index (χ2v) is 5.51. The molecule has 5 nitrogen and oxygen atoms in total. The van der Waals surface area contributed by atoms with E-state index in [2.05, 4.69) is 17.6 Å². The van der Waals surface area contributed by atoms with Crippen molar-refractivity contribution in [1.29, 1.82) is 0 Å². The molecule has 1 unspecified atom stereocenters. The second-order valence-electron chi connectivity index (χ2n) is 5.51. The molecule has 0 saturated carbocycles. The van der Waals surface area contributed by atoms with Gasteiger partial charge in [0.15, 0.2) is 0 Å². The molecule has 22 heavy (non-hydrogen) atoms. The number of nitrogens with one attached hydrogen (secondary N) is 2. The van der Waals surface area contributed by atoms with Crippen molar-refractivity contribution in [2.24, 2.45) is 5.92 Å². The Morgan fingerprint density at radius 2 is 1.86 bits per heavy atom. The number of carbonyl (C=O) groups excluding carboxylic acids is 2. The van der Waals surface area contributed by atoms with Crippen LogP contribution in [-0.4, -0.2) is 25.2 Å². The molecule has 5 heteroatoms. The molecule has 0 heterocycles. The Morgan fingerprint density at radius 3 is 2.45 bits per heavy atom. The molecule has 0 bridgehead atoms. The Kier molecular flexibility index (Phi) is 8.04. The monoisotopic (exact) mass is 306 g/mol. The fourth-order valence-corrected chi connectivity index (χ4v) is 1.82. The number of carbonyl (C=O) groups is 2. The molecule has 0 saturated heterocycles. The number of benzene rings is 1. The van der Waals surface area contributed by atoms with Crippen LogP contribution in [0.5, 0.6) is 0 Å². The smallest absolute Gasteiger partial charge is 0.407 e. The zero-order valence-corrected chi connectivity index (χ0v) is 13.6. The van der Waals surface area contributed by atoms with Gasteiger partial charge in [-0.05, 0) is 12.0 Å². The summed E-state index contributed by atoms with van der Waals surface area (Å²) in [5, 5.41) is 5.60. The predicted octanol–water partition coefficient (Wildman–Crippen LogP) is 3.03. The van der Waals surface area contributed by atoms with Gasteiger partial charge in [-0.2, -0.15) is 0 Å². The van der Waals surface area contributed by atoms with Crippen LogP contribution in [0.2, 0.25) is 0 Å². The standard InChI is InChI=1S/C17H26N2O3/c1-4-5-11-18-17(21)22-12-15(19-16(20)13(2)3)14-9-7-6-8-10-14/h6-10,13,15H,4-5,11-12H2,1-3H3,(H,18,21)(H,19,20). The molecular formula is C17H26N2O3. The predicted molar refractivity (Wildman–Crippen MR) is 86.4 cm³/mol. The second kappa shape index (κ2) is 9.82. The van der Waals surface area contributed by atoms with Gasteiger partial charge >= 0.3 is 6.09 Å². The third-order valence-corrected chi connectivity index (χ3v) is 3.22. The summed E-state index contributed by atoms with van der Waals surface area (Å²) >= 11 is 0. The molecule has 1 aromatic carbocycles. The Morgan fingerprint density at radius 1 is 1.18 bits per heavy atom. The molecule has 1 rings (SSSR count). The lowest BCUT2D eigenvalue weighted by Gasteiger charge is -2.20. The number of amides is 2. The van der Waals surface area contributed by atoms with Crippen molar-refractivity contribution < 1.29 is 14.3 Å². The van der Waals surface area contributed by atoms with Gasteiger partial charge in [-0.25, -0.2) is 4.79 Å². The minimum Gasteiger partial charge on any atom is -0.447 e. The van der Waals surface area contributed by atoms with Crippen molar-refractivity contribution >= 4 is 12.0 Å². The van der Waals surface area contributed by atoms with Crippen LogP contribution < -0.4 is 10.6 Å². The van der Waals surface area contributed by atoms with Gasteiger partial charge in [0.2, 0.25) is 5.91 Å². The highest BCUT2D eigenvalue weighted by Gasteiger charge is 2.18. The lowest BCUT2D eigenvalue weighted by Crippen LogP contribution is -2.36. The summed E-state index contributed by atoms with van der Waals surface area (Å²) in [5.74, 6) is -0.187. The van der Waals surface area contributed by atoms with Crippen LogP contribution in [0.4, 0.5) is 4.79 Å². The van der Waals surface area contributed by atoms with Crippen molar-refractivity contribution in [3.8, 4) is 0 Å². The van der Waals surface area contributed by atoms with Crippen molar-refractivity contribution in [1.82, 2.24) is 10.6 Å². The van der Waals surface area contributed by atoms with E-state index in [0.29, 0.717) is 6.54 Å². The zero-order valence-electron chi connectivity index (χ0n) is 13.6. The van der Waals surface area contributed by atoms with E-state index >= 15 is 0 Å². The molecule has 1 aromatic rings. The third kappa shape index (κ3) is 6.61. The zero-order chi connectivity index (χ0) is 16.4. The number of unbranched alkanes of at least 4 members (excludes halogenated alkanes) is 1. The average molecular weight is 306 g/mol. The number of ether oxygens (including phenoxy) is 1. The molecule has 2 amide bonds. The average Bonchev–Trinajstić information content (AvgIpc) is 2.52. The van der Waals surface area contributed by atoms with Crippen LogP contribution in [0.25, 0.3) is 0 Å². The summed E-state index contributed by atoms with van der Waals surface area (Å²) in [5.41, 5.74) is 0.915. The summed E-state index contributed by atoms with van der Waals surface area (Å²) in [4.78, 5) is 23.5. The highest BCUT2D eigenvalue weighted by Crippen LogP contribution is 2.14. The van der Waals surface area contributed by atoms with E-state index in [4.69, 9.17) is 4.74 Å². The lowest BCUT2D eigenvalue weighted by atomic mass is 10.1. The van der Waals surface area contributed by atoms with Crippen LogP contribution in [0.1, 0.15) is 45.2 Å². The van der Waals surface area contributed by atoms with Gasteiger partial charge in [-0.15, -0.1) is 0 Å². The van der Waals surface area contributed by atoms with Crippen LogP contribution >= 0.6 is 0 Å². The molecule has 0 aromatic heterocycles. The highest BCUT2D eigenvalue weighted by molar-refractivity contribution is 5.78. The van der Waals surface area contributed by atoms with E-state index in [1.54, 1.807) is 0 Å². The van der Waals surface area contributed by atoms with Crippen LogP contribution in [0.3, 0.4) is 0 Å². The third-order valence-electron chi connectivity index (χ3n) is 3.22.